The highest BCUT2D eigenvalue weighted by atomic mass is 14.9. The van der Waals surface area contributed by atoms with Crippen LogP contribution in [-0.4, -0.2) is 6.54 Å². The Morgan fingerprint density at radius 2 is 1.93 bits per heavy atom. The van der Waals surface area contributed by atoms with Crippen molar-refractivity contribution in [1.29, 1.82) is 5.26 Å². The molecule has 1 rings (SSSR count). The maximum Gasteiger partial charge on any atom is 0.0845 e. The van der Waals surface area contributed by atoms with Crippen molar-refractivity contribution in [3.63, 3.8) is 0 Å². The summed E-state index contributed by atoms with van der Waals surface area (Å²) in [7, 11) is 0. The lowest BCUT2D eigenvalue weighted by molar-refractivity contribution is 0.614. The van der Waals surface area contributed by atoms with Gasteiger partial charge in [-0.2, -0.15) is 5.26 Å². The van der Waals surface area contributed by atoms with Gasteiger partial charge < -0.3 is 0 Å². The van der Waals surface area contributed by atoms with Crippen molar-refractivity contribution in [2.45, 2.75) is 26.8 Å². The van der Waals surface area contributed by atoms with E-state index in [4.69, 9.17) is 5.26 Å². The quantitative estimate of drug-likeness (QED) is 0.740. The standard InChI is InChI=1S/C12H16N2/c1-9-5-4-6-10(2)12(9)11(3)14-8-7-13/h4-6,11,14H,8H2,1-3H3. The molecule has 0 radical (unpaired) electrons. The molecule has 0 saturated heterocycles. The molecule has 2 nitrogen and oxygen atoms in total. The summed E-state index contributed by atoms with van der Waals surface area (Å²) in [6.45, 7) is 6.70. The van der Waals surface area contributed by atoms with Crippen LogP contribution in [0.4, 0.5) is 0 Å². The Balaban J connectivity index is 2.89. The molecule has 1 unspecified atom stereocenters. The van der Waals surface area contributed by atoms with E-state index in [1.165, 1.54) is 16.7 Å². The first-order valence-corrected chi connectivity index (χ1v) is 4.83. The van der Waals surface area contributed by atoms with Gasteiger partial charge in [-0.15, -0.1) is 0 Å². The average Bonchev–Trinajstić information content (AvgIpc) is 2.14. The van der Waals surface area contributed by atoms with Crippen LogP contribution in [0.3, 0.4) is 0 Å². The van der Waals surface area contributed by atoms with Gasteiger partial charge >= 0.3 is 0 Å². The topological polar surface area (TPSA) is 35.8 Å². The number of rotatable bonds is 3. The summed E-state index contributed by atoms with van der Waals surface area (Å²) >= 11 is 0. The minimum absolute atomic E-state index is 0.246. The molecule has 0 spiro atoms. The number of nitrogens with one attached hydrogen (secondary N) is 1. The molecular formula is C12H16N2. The summed E-state index contributed by atoms with van der Waals surface area (Å²) in [4.78, 5) is 0. The van der Waals surface area contributed by atoms with E-state index in [-0.39, 0.29) is 6.04 Å². The van der Waals surface area contributed by atoms with Gasteiger partial charge in [0.1, 0.15) is 0 Å². The first-order valence-electron chi connectivity index (χ1n) is 4.83. The predicted octanol–water partition coefficient (Wildman–Crippen LogP) is 2.48. The summed E-state index contributed by atoms with van der Waals surface area (Å²) < 4.78 is 0. The van der Waals surface area contributed by atoms with Gasteiger partial charge in [0, 0.05) is 6.04 Å². The van der Waals surface area contributed by atoms with Crippen LogP contribution in [0.1, 0.15) is 29.7 Å². The van der Waals surface area contributed by atoms with Gasteiger partial charge in [0.25, 0.3) is 0 Å². The normalized spacial score (nSPS) is 12.1. The summed E-state index contributed by atoms with van der Waals surface area (Å²) in [5, 5.41) is 11.7. The molecular weight excluding hydrogens is 172 g/mol. The van der Waals surface area contributed by atoms with Gasteiger partial charge in [0.2, 0.25) is 0 Å². The van der Waals surface area contributed by atoms with Crippen LogP contribution in [-0.2, 0) is 0 Å². The zero-order valence-corrected chi connectivity index (χ0v) is 8.96. The number of benzene rings is 1. The lowest BCUT2D eigenvalue weighted by Crippen LogP contribution is -2.20. The Hall–Kier alpha value is -1.33. The van der Waals surface area contributed by atoms with Gasteiger partial charge in [-0.25, -0.2) is 0 Å². The third-order valence-corrected chi connectivity index (χ3v) is 2.46. The minimum atomic E-state index is 0.246. The fraction of sp³-hybridized carbons (Fsp3) is 0.417. The maximum atomic E-state index is 8.49. The molecule has 0 aliphatic rings. The molecule has 0 aliphatic carbocycles. The molecule has 1 atom stereocenters. The van der Waals surface area contributed by atoms with Gasteiger partial charge in [-0.3, -0.25) is 5.32 Å². The molecule has 2 heteroatoms. The second-order valence-corrected chi connectivity index (χ2v) is 3.57. The van der Waals surface area contributed by atoms with E-state index in [0.717, 1.165) is 0 Å². The number of aryl methyl sites for hydroxylation is 2. The second kappa shape index (κ2) is 4.78. The molecule has 0 amide bonds. The zero-order valence-electron chi connectivity index (χ0n) is 8.96. The molecule has 1 aromatic rings. The SMILES string of the molecule is Cc1cccc(C)c1C(C)NCC#N. The number of hydrogen-bond acceptors (Lipinski definition) is 2. The number of nitrogens with zero attached hydrogens (tertiary/aromatic N) is 1. The van der Waals surface area contributed by atoms with E-state index in [9.17, 15) is 0 Å². The first kappa shape index (κ1) is 10.7. The van der Waals surface area contributed by atoms with Crippen LogP contribution < -0.4 is 5.32 Å². The highest BCUT2D eigenvalue weighted by molar-refractivity contribution is 5.35. The molecule has 0 aromatic heterocycles. The summed E-state index contributed by atoms with van der Waals surface area (Å²) in [6.07, 6.45) is 0. The van der Waals surface area contributed by atoms with Crippen LogP contribution in [0.25, 0.3) is 0 Å². The Kier molecular flexibility index (Phi) is 3.67. The smallest absolute Gasteiger partial charge is 0.0845 e. The van der Waals surface area contributed by atoms with E-state index in [1.54, 1.807) is 0 Å². The Bertz CT molecular complexity index is 330. The van der Waals surface area contributed by atoms with Crippen molar-refractivity contribution in [2.24, 2.45) is 0 Å². The van der Waals surface area contributed by atoms with E-state index in [2.05, 4.69) is 50.4 Å². The van der Waals surface area contributed by atoms with Crippen LogP contribution >= 0.6 is 0 Å². The highest BCUT2D eigenvalue weighted by Crippen LogP contribution is 2.20. The van der Waals surface area contributed by atoms with Crippen LogP contribution in [0.2, 0.25) is 0 Å². The molecule has 14 heavy (non-hydrogen) atoms. The third kappa shape index (κ3) is 2.34. The molecule has 0 fully saturated rings. The lowest BCUT2D eigenvalue weighted by Gasteiger charge is -2.17. The van der Waals surface area contributed by atoms with Crippen LogP contribution in [0, 0.1) is 25.2 Å². The fourth-order valence-corrected chi connectivity index (χ4v) is 1.81. The van der Waals surface area contributed by atoms with Gasteiger partial charge in [-0.1, -0.05) is 18.2 Å². The maximum absolute atomic E-state index is 8.49. The Morgan fingerprint density at radius 1 is 1.36 bits per heavy atom. The second-order valence-electron chi connectivity index (χ2n) is 3.57. The Morgan fingerprint density at radius 3 is 2.43 bits per heavy atom. The number of nitriles is 1. The average molecular weight is 188 g/mol. The fourth-order valence-electron chi connectivity index (χ4n) is 1.81. The third-order valence-electron chi connectivity index (χ3n) is 2.46. The van der Waals surface area contributed by atoms with E-state index < -0.39 is 0 Å². The molecule has 0 bridgehead atoms. The van der Waals surface area contributed by atoms with Crippen molar-refractivity contribution in [3.8, 4) is 6.07 Å². The van der Waals surface area contributed by atoms with Crippen molar-refractivity contribution in [3.05, 3.63) is 34.9 Å². The summed E-state index contributed by atoms with van der Waals surface area (Å²) in [5.41, 5.74) is 3.87. The van der Waals surface area contributed by atoms with Crippen molar-refractivity contribution < 1.29 is 0 Å². The van der Waals surface area contributed by atoms with Crippen molar-refractivity contribution in [2.75, 3.05) is 6.54 Å². The highest BCUT2D eigenvalue weighted by Gasteiger charge is 2.09. The van der Waals surface area contributed by atoms with Gasteiger partial charge in [0.05, 0.1) is 12.6 Å². The van der Waals surface area contributed by atoms with Crippen LogP contribution in [0.5, 0.6) is 0 Å². The molecule has 1 aromatic carbocycles. The van der Waals surface area contributed by atoms with E-state index in [0.29, 0.717) is 6.54 Å². The monoisotopic (exact) mass is 188 g/mol. The number of hydrogen-bond donors (Lipinski definition) is 1. The summed E-state index contributed by atoms with van der Waals surface area (Å²) in [6, 6.07) is 8.61. The van der Waals surface area contributed by atoms with Crippen molar-refractivity contribution >= 4 is 0 Å². The molecule has 0 heterocycles. The van der Waals surface area contributed by atoms with Gasteiger partial charge in [0.15, 0.2) is 0 Å². The summed E-state index contributed by atoms with van der Waals surface area (Å²) in [5.74, 6) is 0. The predicted molar refractivity (Wildman–Crippen MR) is 57.9 cm³/mol. The lowest BCUT2D eigenvalue weighted by atomic mass is 9.97. The van der Waals surface area contributed by atoms with Crippen molar-refractivity contribution in [1.82, 2.24) is 5.32 Å². The molecule has 0 aliphatic heterocycles. The molecule has 0 saturated carbocycles. The minimum Gasteiger partial charge on any atom is -0.298 e. The van der Waals surface area contributed by atoms with Gasteiger partial charge in [-0.05, 0) is 37.5 Å². The largest absolute Gasteiger partial charge is 0.298 e. The molecule has 74 valence electrons. The first-order chi connectivity index (χ1) is 6.66. The van der Waals surface area contributed by atoms with E-state index >= 15 is 0 Å². The van der Waals surface area contributed by atoms with Crippen LogP contribution in [0.15, 0.2) is 18.2 Å². The van der Waals surface area contributed by atoms with E-state index in [1.807, 2.05) is 0 Å². The Labute approximate surface area is 85.6 Å². The zero-order chi connectivity index (χ0) is 10.6. The molecule has 1 N–H and O–H groups in total.